The van der Waals surface area contributed by atoms with Gasteiger partial charge in [0.1, 0.15) is 10.8 Å². The number of rotatable bonds is 5. The van der Waals surface area contributed by atoms with Crippen molar-refractivity contribution in [3.8, 4) is 0 Å². The smallest absolute Gasteiger partial charge is 0.279 e. The molecule has 1 aliphatic heterocycles. The van der Waals surface area contributed by atoms with Gasteiger partial charge in [0, 0.05) is 25.2 Å². The van der Waals surface area contributed by atoms with E-state index in [-0.39, 0.29) is 17.4 Å². The van der Waals surface area contributed by atoms with Gasteiger partial charge in [0.05, 0.1) is 6.20 Å². The summed E-state index contributed by atoms with van der Waals surface area (Å²) < 4.78 is 29.0. The second-order valence-electron chi connectivity index (χ2n) is 6.88. The highest BCUT2D eigenvalue weighted by Gasteiger charge is 2.45. The van der Waals surface area contributed by atoms with Gasteiger partial charge in [-0.15, -0.1) is 0 Å². The normalized spacial score (nSPS) is 30.5. The first-order valence-corrected chi connectivity index (χ1v) is 10.3. The average molecular weight is 392 g/mol. The second kappa shape index (κ2) is 6.25. The maximum atomic E-state index is 12.3. The molecule has 7 nitrogen and oxygen atoms in total. The number of nitrogens with one attached hydrogen (secondary N) is 2. The van der Waals surface area contributed by atoms with Gasteiger partial charge < -0.3 is 5.32 Å². The zero-order valence-electron chi connectivity index (χ0n) is 13.0. The first-order valence-electron chi connectivity index (χ1n) is 8.12. The molecule has 4 rings (SSSR count). The monoisotopic (exact) mass is 391 g/mol. The van der Waals surface area contributed by atoms with E-state index in [0.717, 1.165) is 25.7 Å². The molecule has 2 N–H and O–H groups in total. The quantitative estimate of drug-likeness (QED) is 0.748. The molecule has 2 atom stereocenters. The Labute approximate surface area is 151 Å². The van der Waals surface area contributed by atoms with Crippen molar-refractivity contribution in [2.75, 3.05) is 18.4 Å². The zero-order valence-corrected chi connectivity index (χ0v) is 15.3. The van der Waals surface area contributed by atoms with Crippen molar-refractivity contribution in [3.05, 3.63) is 16.5 Å². The Balaban J connectivity index is 1.36. The second-order valence-corrected chi connectivity index (χ2v) is 9.33. The van der Waals surface area contributed by atoms with Crippen molar-refractivity contribution in [2.45, 2.75) is 37.8 Å². The van der Waals surface area contributed by atoms with E-state index < -0.39 is 10.2 Å². The minimum absolute atomic E-state index is 0.148. The molecule has 24 heavy (non-hydrogen) atoms. The van der Waals surface area contributed by atoms with Gasteiger partial charge in [-0.25, -0.2) is 4.98 Å². The summed E-state index contributed by atoms with van der Waals surface area (Å²) in [5.74, 6) is 1.28. The van der Waals surface area contributed by atoms with Crippen LogP contribution in [0.1, 0.15) is 25.7 Å². The maximum absolute atomic E-state index is 12.3. The van der Waals surface area contributed by atoms with Gasteiger partial charge in [0.15, 0.2) is 0 Å². The highest BCUT2D eigenvalue weighted by atomic mass is 35.5. The summed E-state index contributed by atoms with van der Waals surface area (Å²) in [7, 11) is -3.32. The number of fused-ring (bicyclic) bond motifs is 1. The van der Waals surface area contributed by atoms with Crippen LogP contribution in [0.3, 0.4) is 0 Å². The minimum atomic E-state index is -3.32. The van der Waals surface area contributed by atoms with Crippen LogP contribution in [0.2, 0.25) is 10.3 Å². The third-order valence-electron chi connectivity index (χ3n) is 5.01. The van der Waals surface area contributed by atoms with Gasteiger partial charge in [0.2, 0.25) is 5.28 Å². The van der Waals surface area contributed by atoms with E-state index in [2.05, 4.69) is 20.0 Å². The SMILES string of the molecule is O=S(=O)(NC1CC1)N1CC2CC(Nc3nc(Cl)ncc3Cl)CC2C1. The molecule has 2 saturated carbocycles. The summed E-state index contributed by atoms with van der Waals surface area (Å²) in [6.45, 7) is 1.17. The standard InChI is InChI=1S/C14H19Cl2N5O2S/c15-12-5-17-14(16)19-13(12)18-11-3-8-6-21(7-9(8)4-11)24(22,23)20-10-1-2-10/h5,8-11,20H,1-4,6-7H2,(H,17,18,19). The molecule has 0 amide bonds. The minimum Gasteiger partial charge on any atom is -0.366 e. The van der Waals surface area contributed by atoms with E-state index in [1.165, 1.54) is 6.20 Å². The maximum Gasteiger partial charge on any atom is 0.279 e. The summed E-state index contributed by atoms with van der Waals surface area (Å²) in [6.07, 6.45) is 5.19. The third kappa shape index (κ3) is 3.48. The molecule has 2 heterocycles. The summed E-state index contributed by atoms with van der Waals surface area (Å²) >= 11 is 11.9. The molecule has 3 fully saturated rings. The van der Waals surface area contributed by atoms with Gasteiger partial charge >= 0.3 is 0 Å². The van der Waals surface area contributed by atoms with E-state index in [1.807, 2.05) is 0 Å². The van der Waals surface area contributed by atoms with Crippen LogP contribution in [0.5, 0.6) is 0 Å². The lowest BCUT2D eigenvalue weighted by Gasteiger charge is -2.20. The number of hydrogen-bond donors (Lipinski definition) is 2. The Morgan fingerprint density at radius 3 is 2.42 bits per heavy atom. The van der Waals surface area contributed by atoms with Gasteiger partial charge in [-0.1, -0.05) is 11.6 Å². The molecule has 0 spiro atoms. The van der Waals surface area contributed by atoms with Crippen LogP contribution in [0.4, 0.5) is 5.82 Å². The average Bonchev–Trinajstić information content (AvgIpc) is 3.07. The lowest BCUT2D eigenvalue weighted by atomic mass is 10.0. The van der Waals surface area contributed by atoms with Crippen LogP contribution < -0.4 is 10.0 Å². The van der Waals surface area contributed by atoms with Gasteiger partial charge in [-0.05, 0) is 49.1 Å². The zero-order chi connectivity index (χ0) is 16.9. The lowest BCUT2D eigenvalue weighted by molar-refractivity contribution is 0.430. The number of nitrogens with zero attached hydrogens (tertiary/aromatic N) is 3. The van der Waals surface area contributed by atoms with Crippen molar-refractivity contribution < 1.29 is 8.42 Å². The Hall–Kier alpha value is -0.670. The molecular formula is C14H19Cl2N5O2S. The summed E-state index contributed by atoms with van der Waals surface area (Å²) in [6, 6.07) is 0.374. The molecule has 2 unspecified atom stereocenters. The topological polar surface area (TPSA) is 87.2 Å². The Kier molecular flexibility index (Phi) is 4.37. The predicted octanol–water partition coefficient (Wildman–Crippen LogP) is 1.90. The summed E-state index contributed by atoms with van der Waals surface area (Å²) in [4.78, 5) is 7.96. The van der Waals surface area contributed by atoms with E-state index in [9.17, 15) is 8.42 Å². The highest BCUT2D eigenvalue weighted by Crippen LogP contribution is 2.40. The summed E-state index contributed by atoms with van der Waals surface area (Å²) in [5.41, 5.74) is 0. The van der Waals surface area contributed by atoms with E-state index >= 15 is 0 Å². The predicted molar refractivity (Wildman–Crippen MR) is 92.3 cm³/mol. The fraction of sp³-hybridized carbons (Fsp3) is 0.714. The fourth-order valence-corrected chi connectivity index (χ4v) is 5.56. The number of halogens is 2. The van der Waals surface area contributed by atoms with Gasteiger partial charge in [0.25, 0.3) is 10.2 Å². The molecule has 1 aromatic rings. The molecule has 1 aromatic heterocycles. The Morgan fingerprint density at radius 1 is 1.12 bits per heavy atom. The molecule has 2 aliphatic carbocycles. The lowest BCUT2D eigenvalue weighted by Crippen LogP contribution is -2.41. The molecule has 1 saturated heterocycles. The molecule has 3 aliphatic rings. The number of anilines is 1. The molecular weight excluding hydrogens is 373 g/mol. The molecule has 0 aromatic carbocycles. The Bertz CT molecular complexity index is 729. The third-order valence-corrected chi connectivity index (χ3v) is 7.07. The van der Waals surface area contributed by atoms with Crippen molar-refractivity contribution >= 4 is 39.2 Å². The largest absolute Gasteiger partial charge is 0.366 e. The molecule has 10 heteroatoms. The Morgan fingerprint density at radius 2 is 1.79 bits per heavy atom. The first-order chi connectivity index (χ1) is 11.4. The van der Waals surface area contributed by atoms with Crippen LogP contribution in [-0.2, 0) is 10.2 Å². The van der Waals surface area contributed by atoms with Crippen LogP contribution >= 0.6 is 23.2 Å². The van der Waals surface area contributed by atoms with Crippen LogP contribution in [-0.4, -0.2) is 47.9 Å². The van der Waals surface area contributed by atoms with Crippen LogP contribution in [0.25, 0.3) is 0 Å². The van der Waals surface area contributed by atoms with Crippen LogP contribution in [0.15, 0.2) is 6.20 Å². The van der Waals surface area contributed by atoms with Crippen molar-refractivity contribution in [2.24, 2.45) is 11.8 Å². The van der Waals surface area contributed by atoms with Crippen molar-refractivity contribution in [1.29, 1.82) is 0 Å². The van der Waals surface area contributed by atoms with E-state index in [1.54, 1.807) is 4.31 Å². The van der Waals surface area contributed by atoms with Gasteiger partial charge in [-0.2, -0.15) is 22.4 Å². The number of hydrogen-bond acceptors (Lipinski definition) is 5. The molecule has 0 bridgehead atoms. The molecule has 0 radical (unpaired) electrons. The highest BCUT2D eigenvalue weighted by molar-refractivity contribution is 7.87. The number of aromatic nitrogens is 2. The fourth-order valence-electron chi connectivity index (χ4n) is 3.70. The van der Waals surface area contributed by atoms with E-state index in [0.29, 0.717) is 35.8 Å². The van der Waals surface area contributed by atoms with E-state index in [4.69, 9.17) is 23.2 Å². The van der Waals surface area contributed by atoms with Crippen molar-refractivity contribution in [3.63, 3.8) is 0 Å². The van der Waals surface area contributed by atoms with Gasteiger partial charge in [-0.3, -0.25) is 0 Å². The van der Waals surface area contributed by atoms with Crippen LogP contribution in [0, 0.1) is 11.8 Å². The van der Waals surface area contributed by atoms with Crippen molar-refractivity contribution in [1.82, 2.24) is 19.0 Å². The first kappa shape index (κ1) is 16.8. The molecule has 132 valence electrons. The summed E-state index contributed by atoms with van der Waals surface area (Å²) in [5, 5.41) is 3.92.